The molecule has 0 radical (unpaired) electrons. The third kappa shape index (κ3) is 7.29. The predicted octanol–water partition coefficient (Wildman–Crippen LogP) is 1.74. The summed E-state index contributed by atoms with van der Waals surface area (Å²) in [6, 6.07) is 3.85. The first-order chi connectivity index (χ1) is 14.1. The number of guanidine groups is 1. The van der Waals surface area contributed by atoms with Gasteiger partial charge in [0.05, 0.1) is 41.1 Å². The molecule has 8 nitrogen and oxygen atoms in total. The highest BCUT2D eigenvalue weighted by molar-refractivity contribution is 5.79. The summed E-state index contributed by atoms with van der Waals surface area (Å²) in [7, 11) is 4.83. The minimum absolute atomic E-state index is 0.504. The van der Waals surface area contributed by atoms with E-state index in [-0.39, 0.29) is 0 Å². The summed E-state index contributed by atoms with van der Waals surface area (Å²) >= 11 is 0. The lowest BCUT2D eigenvalue weighted by Gasteiger charge is -2.29. The van der Waals surface area contributed by atoms with Gasteiger partial charge in [-0.2, -0.15) is 0 Å². The molecule has 29 heavy (non-hydrogen) atoms. The lowest BCUT2D eigenvalue weighted by atomic mass is 10.1. The lowest BCUT2D eigenvalue weighted by molar-refractivity contribution is 0.0320. The molecule has 1 atom stereocenters. The van der Waals surface area contributed by atoms with Gasteiger partial charge in [-0.3, -0.25) is 4.90 Å². The van der Waals surface area contributed by atoms with Crippen LogP contribution in [0, 0.1) is 5.92 Å². The zero-order valence-corrected chi connectivity index (χ0v) is 18.4. The third-order valence-corrected chi connectivity index (χ3v) is 4.78. The topological polar surface area (TPSA) is 76.6 Å². The minimum atomic E-state index is 0.504. The lowest BCUT2D eigenvalue weighted by Crippen LogP contribution is -2.44. The van der Waals surface area contributed by atoms with Crippen molar-refractivity contribution >= 4 is 5.96 Å². The average molecular weight is 409 g/mol. The fourth-order valence-electron chi connectivity index (χ4n) is 3.30. The molecule has 0 spiro atoms. The van der Waals surface area contributed by atoms with Gasteiger partial charge in [-0.25, -0.2) is 4.99 Å². The molecular formula is C21H36N4O4. The SMILES string of the molecule is CCNC(=NCc1cc(OC)c(OC)c(OC)c1)NCC(C)CN1CCOCC1. The molecule has 164 valence electrons. The number of rotatable bonds is 10. The zero-order valence-electron chi connectivity index (χ0n) is 18.4. The molecule has 2 N–H and O–H groups in total. The second-order valence-electron chi connectivity index (χ2n) is 7.13. The maximum absolute atomic E-state index is 5.43. The third-order valence-electron chi connectivity index (χ3n) is 4.78. The molecule has 1 aliphatic rings. The van der Waals surface area contributed by atoms with Gasteiger partial charge in [0, 0.05) is 32.7 Å². The van der Waals surface area contributed by atoms with Gasteiger partial charge in [-0.15, -0.1) is 0 Å². The van der Waals surface area contributed by atoms with E-state index in [4.69, 9.17) is 23.9 Å². The Hall–Kier alpha value is -2.19. The first-order valence-electron chi connectivity index (χ1n) is 10.2. The van der Waals surface area contributed by atoms with Gasteiger partial charge in [0.2, 0.25) is 5.75 Å². The van der Waals surface area contributed by atoms with E-state index in [0.29, 0.717) is 29.7 Å². The Balaban J connectivity index is 1.97. The fourth-order valence-corrected chi connectivity index (χ4v) is 3.30. The van der Waals surface area contributed by atoms with Crippen LogP contribution in [0.5, 0.6) is 17.2 Å². The Labute approximate surface area is 174 Å². The summed E-state index contributed by atoms with van der Waals surface area (Å²) in [6.45, 7) is 11.2. The second-order valence-corrected chi connectivity index (χ2v) is 7.13. The van der Waals surface area contributed by atoms with Gasteiger partial charge >= 0.3 is 0 Å². The van der Waals surface area contributed by atoms with Crippen molar-refractivity contribution in [1.82, 2.24) is 15.5 Å². The maximum Gasteiger partial charge on any atom is 0.203 e. The van der Waals surface area contributed by atoms with Gasteiger partial charge < -0.3 is 29.6 Å². The van der Waals surface area contributed by atoms with Crippen molar-refractivity contribution in [2.75, 3.05) is 67.3 Å². The van der Waals surface area contributed by atoms with Crippen LogP contribution in [0.15, 0.2) is 17.1 Å². The van der Waals surface area contributed by atoms with Gasteiger partial charge in [-0.05, 0) is 30.5 Å². The molecule has 1 unspecified atom stereocenters. The van der Waals surface area contributed by atoms with Crippen molar-refractivity contribution in [2.24, 2.45) is 10.9 Å². The first-order valence-corrected chi connectivity index (χ1v) is 10.2. The number of benzene rings is 1. The summed E-state index contributed by atoms with van der Waals surface area (Å²) in [5.74, 6) is 3.17. The Morgan fingerprint density at radius 1 is 1.10 bits per heavy atom. The van der Waals surface area contributed by atoms with Crippen molar-refractivity contribution in [1.29, 1.82) is 0 Å². The summed E-state index contributed by atoms with van der Waals surface area (Å²) in [6.07, 6.45) is 0. The van der Waals surface area contributed by atoms with Crippen LogP contribution in [0.25, 0.3) is 0 Å². The molecular weight excluding hydrogens is 372 g/mol. The second kappa shape index (κ2) is 12.4. The molecule has 0 bridgehead atoms. The van der Waals surface area contributed by atoms with Crippen LogP contribution in [-0.4, -0.2) is 78.1 Å². The van der Waals surface area contributed by atoms with Crippen molar-refractivity contribution in [2.45, 2.75) is 20.4 Å². The van der Waals surface area contributed by atoms with E-state index >= 15 is 0 Å². The van der Waals surface area contributed by atoms with E-state index in [1.165, 1.54) is 0 Å². The standard InChI is InChI=1S/C21H36N4O4/c1-6-22-21(23-13-16(2)15-25-7-9-29-10-8-25)24-14-17-11-18(26-3)20(28-5)19(12-17)27-4/h11-12,16H,6-10,13-15H2,1-5H3,(H2,22,23,24). The molecule has 8 heteroatoms. The number of aliphatic imine (C=N–C) groups is 1. The number of morpholine rings is 1. The number of ether oxygens (including phenoxy) is 4. The minimum Gasteiger partial charge on any atom is -0.493 e. The van der Waals surface area contributed by atoms with Crippen LogP contribution in [0.1, 0.15) is 19.4 Å². The fraction of sp³-hybridized carbons (Fsp3) is 0.667. The van der Waals surface area contributed by atoms with Crippen LogP contribution in [-0.2, 0) is 11.3 Å². The Morgan fingerprint density at radius 3 is 2.31 bits per heavy atom. The van der Waals surface area contributed by atoms with E-state index in [9.17, 15) is 0 Å². The van der Waals surface area contributed by atoms with Crippen molar-refractivity contribution < 1.29 is 18.9 Å². The van der Waals surface area contributed by atoms with Crippen LogP contribution in [0.2, 0.25) is 0 Å². The summed E-state index contributed by atoms with van der Waals surface area (Å²) in [5, 5.41) is 6.76. The largest absolute Gasteiger partial charge is 0.493 e. The van der Waals surface area contributed by atoms with Gasteiger partial charge in [0.25, 0.3) is 0 Å². The molecule has 1 aromatic rings. The molecule has 1 saturated heterocycles. The van der Waals surface area contributed by atoms with Crippen molar-refractivity contribution in [3.8, 4) is 17.2 Å². The van der Waals surface area contributed by atoms with Crippen LogP contribution < -0.4 is 24.8 Å². The van der Waals surface area contributed by atoms with Crippen molar-refractivity contribution in [3.05, 3.63) is 17.7 Å². The predicted molar refractivity (Wildman–Crippen MR) is 115 cm³/mol. The summed E-state index contributed by atoms with van der Waals surface area (Å²) in [4.78, 5) is 7.17. The Bertz CT molecular complexity index is 623. The highest BCUT2D eigenvalue weighted by Gasteiger charge is 2.15. The van der Waals surface area contributed by atoms with Crippen LogP contribution >= 0.6 is 0 Å². The number of nitrogens with one attached hydrogen (secondary N) is 2. The van der Waals surface area contributed by atoms with Gasteiger partial charge in [0.1, 0.15) is 0 Å². The van der Waals surface area contributed by atoms with Gasteiger partial charge in [0.15, 0.2) is 17.5 Å². The van der Waals surface area contributed by atoms with E-state index in [1.807, 2.05) is 12.1 Å². The van der Waals surface area contributed by atoms with E-state index < -0.39 is 0 Å². The normalized spacial score (nSPS) is 16.2. The molecule has 0 aliphatic carbocycles. The highest BCUT2D eigenvalue weighted by atomic mass is 16.5. The molecule has 1 heterocycles. The zero-order chi connectivity index (χ0) is 21.1. The molecule has 1 fully saturated rings. The van der Waals surface area contributed by atoms with Crippen LogP contribution in [0.3, 0.4) is 0 Å². The molecule has 0 aromatic heterocycles. The Kier molecular flexibility index (Phi) is 9.87. The smallest absolute Gasteiger partial charge is 0.203 e. The summed E-state index contributed by atoms with van der Waals surface area (Å²) in [5.41, 5.74) is 0.984. The molecule has 0 saturated carbocycles. The quantitative estimate of drug-likeness (QED) is 0.451. The van der Waals surface area contributed by atoms with Crippen LogP contribution in [0.4, 0.5) is 0 Å². The monoisotopic (exact) mass is 408 g/mol. The Morgan fingerprint density at radius 2 is 1.76 bits per heavy atom. The average Bonchev–Trinajstić information content (AvgIpc) is 2.75. The van der Waals surface area contributed by atoms with E-state index in [2.05, 4.69) is 29.4 Å². The highest BCUT2D eigenvalue weighted by Crippen LogP contribution is 2.38. The van der Waals surface area contributed by atoms with E-state index in [0.717, 1.165) is 57.5 Å². The number of hydrogen-bond donors (Lipinski definition) is 2. The van der Waals surface area contributed by atoms with Crippen molar-refractivity contribution in [3.63, 3.8) is 0 Å². The number of methoxy groups -OCH3 is 3. The van der Waals surface area contributed by atoms with Gasteiger partial charge in [-0.1, -0.05) is 6.92 Å². The molecule has 1 aliphatic heterocycles. The number of hydrogen-bond acceptors (Lipinski definition) is 6. The molecule has 1 aromatic carbocycles. The molecule has 2 rings (SSSR count). The number of nitrogens with zero attached hydrogens (tertiary/aromatic N) is 2. The molecule has 0 amide bonds. The summed E-state index contributed by atoms with van der Waals surface area (Å²) < 4.78 is 21.7. The van der Waals surface area contributed by atoms with E-state index in [1.54, 1.807) is 21.3 Å². The first kappa shape index (κ1) is 23.1. The maximum atomic E-state index is 5.43.